The van der Waals surface area contributed by atoms with Crippen molar-refractivity contribution in [3.8, 4) is 17.1 Å². The minimum atomic E-state index is -3.35. The van der Waals surface area contributed by atoms with Gasteiger partial charge in [0.15, 0.2) is 0 Å². The van der Waals surface area contributed by atoms with Gasteiger partial charge in [0.2, 0.25) is 10.0 Å². The number of fused-ring (bicyclic) bond motifs is 2. The molecule has 2 aliphatic heterocycles. The molecule has 8 aromatic rings. The highest BCUT2D eigenvalue weighted by molar-refractivity contribution is 7.88. The van der Waals surface area contributed by atoms with Crippen LogP contribution >= 0.6 is 0 Å². The molecule has 1 unspecified atom stereocenters. The fraction of sp³-hybridized carbons (Fsp3) is 0.351. The van der Waals surface area contributed by atoms with Crippen LogP contribution in [0.3, 0.4) is 0 Å². The predicted octanol–water partition coefficient (Wildman–Crippen LogP) is 9.01. The number of para-hydroxylation sites is 2. The molecule has 16 heteroatoms. The molecule has 2 atom stereocenters. The summed E-state index contributed by atoms with van der Waals surface area (Å²) in [6, 6.07) is 40.6. The minimum Gasteiger partial charge on any atom is -0.494 e. The fourth-order valence-electron chi connectivity index (χ4n) is 10.1. The van der Waals surface area contributed by atoms with E-state index in [0.717, 1.165) is 116 Å². The molecule has 0 saturated carbocycles. The molecule has 380 valence electrons. The molecule has 0 amide bonds. The molecule has 15 nitrogen and oxygen atoms in total. The number of anilines is 2. The SMILES string of the molecule is CC(=O)C[C@H](c1ccn(-c2ccccc2)n1)N1CCCN(c2cc(C(C)C)cc3cccnc23)CC1.COc1ccc2cccnc2c1N1CCCN(C(CNS(C)(=O)=O)c2ccn(-c3ccccc3)n2)CC1. The lowest BCUT2D eigenvalue weighted by molar-refractivity contribution is -0.118. The standard InChI is InChI=1S/C30H35N5O.C27H32N6O3S/c1-22(2)25-20-24-9-7-13-31-30(24)29(21-25)34-15-8-14-33(17-18-34)28(19-23(3)36)27-12-16-35(32-27)26-10-5-4-6-11-26;1-36-25-12-11-21-8-6-14-28-26(21)27(25)32-16-7-15-31(18-19-32)24(20-29-37(2,34)35)23-13-17-33(30-23)22-9-4-3-5-10-22/h4-7,9-13,16,20-22,28H,8,14-15,17-19H2,1-3H3;3-6,8-14,17,24,29H,7,15-16,18-20H2,1-2H3/t28-;/m1./s1. The van der Waals surface area contributed by atoms with E-state index in [4.69, 9.17) is 19.9 Å². The molecule has 10 rings (SSSR count). The van der Waals surface area contributed by atoms with Gasteiger partial charge in [-0.15, -0.1) is 0 Å². The van der Waals surface area contributed by atoms with Crippen molar-refractivity contribution in [2.24, 2.45) is 0 Å². The van der Waals surface area contributed by atoms with Gasteiger partial charge in [0.25, 0.3) is 0 Å². The molecule has 4 aromatic heterocycles. The minimum absolute atomic E-state index is 0.0238. The summed E-state index contributed by atoms with van der Waals surface area (Å²) < 4.78 is 36.2. The molecule has 0 spiro atoms. The molecular formula is C57H67N11O4S. The first-order valence-electron chi connectivity index (χ1n) is 25.4. The number of ketones is 1. The number of hydrogen-bond acceptors (Lipinski definition) is 12. The molecule has 4 aromatic carbocycles. The lowest BCUT2D eigenvalue weighted by Crippen LogP contribution is -2.40. The molecule has 6 heterocycles. The largest absolute Gasteiger partial charge is 0.494 e. The second kappa shape index (κ2) is 23.3. The summed E-state index contributed by atoms with van der Waals surface area (Å²) in [5, 5.41) is 12.0. The first-order valence-corrected chi connectivity index (χ1v) is 27.3. The van der Waals surface area contributed by atoms with Crippen molar-refractivity contribution >= 4 is 49.0 Å². The number of Topliss-reactive ketones (excluding diaryl/α,β-unsaturated/α-hetero) is 1. The number of nitrogens with one attached hydrogen (secondary N) is 1. The van der Waals surface area contributed by atoms with Gasteiger partial charge < -0.3 is 14.5 Å². The van der Waals surface area contributed by atoms with Crippen molar-refractivity contribution in [1.82, 2.24) is 44.1 Å². The molecule has 73 heavy (non-hydrogen) atoms. The summed E-state index contributed by atoms with van der Waals surface area (Å²) in [5.41, 5.74) is 9.32. The van der Waals surface area contributed by atoms with Gasteiger partial charge in [-0.05, 0) is 104 Å². The highest BCUT2D eigenvalue weighted by Gasteiger charge is 2.30. The zero-order chi connectivity index (χ0) is 50.9. The summed E-state index contributed by atoms with van der Waals surface area (Å²) in [6.45, 7) is 13.2. The Kier molecular flexibility index (Phi) is 16.2. The Bertz CT molecular complexity index is 3220. The number of hydrogen-bond donors (Lipinski definition) is 1. The molecule has 2 aliphatic rings. The van der Waals surface area contributed by atoms with E-state index in [-0.39, 0.29) is 24.4 Å². The third kappa shape index (κ3) is 12.4. The first kappa shape index (κ1) is 50.9. The molecule has 0 radical (unpaired) electrons. The van der Waals surface area contributed by atoms with Gasteiger partial charge in [0.05, 0.1) is 64.9 Å². The van der Waals surface area contributed by atoms with Crippen molar-refractivity contribution < 1.29 is 17.9 Å². The molecule has 2 fully saturated rings. The highest BCUT2D eigenvalue weighted by Crippen LogP contribution is 2.37. The van der Waals surface area contributed by atoms with Crippen LogP contribution in [0, 0.1) is 0 Å². The number of ether oxygens (including phenoxy) is 1. The fourth-order valence-corrected chi connectivity index (χ4v) is 10.6. The van der Waals surface area contributed by atoms with Crippen LogP contribution in [0.25, 0.3) is 33.2 Å². The number of methoxy groups -OCH3 is 1. The molecular weight excluding hydrogens is 935 g/mol. The third-order valence-corrected chi connectivity index (χ3v) is 14.6. The Morgan fingerprint density at radius 3 is 1.82 bits per heavy atom. The van der Waals surface area contributed by atoms with Crippen LogP contribution in [0.15, 0.2) is 146 Å². The van der Waals surface area contributed by atoms with E-state index in [2.05, 4.69) is 73.5 Å². The summed E-state index contributed by atoms with van der Waals surface area (Å²) >= 11 is 0. The van der Waals surface area contributed by atoms with Gasteiger partial charge in [-0.25, -0.2) is 22.5 Å². The molecule has 0 aliphatic carbocycles. The number of aromatic nitrogens is 6. The Labute approximate surface area is 429 Å². The van der Waals surface area contributed by atoms with Crippen molar-refractivity contribution in [2.75, 3.05) is 82.1 Å². The Balaban J connectivity index is 0.000000180. The van der Waals surface area contributed by atoms with Crippen molar-refractivity contribution in [2.45, 2.75) is 58.0 Å². The van der Waals surface area contributed by atoms with E-state index in [0.29, 0.717) is 12.3 Å². The van der Waals surface area contributed by atoms with Gasteiger partial charge in [-0.2, -0.15) is 10.2 Å². The van der Waals surface area contributed by atoms with Gasteiger partial charge in [-0.1, -0.05) is 62.4 Å². The van der Waals surface area contributed by atoms with E-state index >= 15 is 0 Å². The van der Waals surface area contributed by atoms with E-state index in [1.54, 1.807) is 14.0 Å². The predicted molar refractivity (Wildman–Crippen MR) is 292 cm³/mol. The van der Waals surface area contributed by atoms with Gasteiger partial charge >= 0.3 is 0 Å². The van der Waals surface area contributed by atoms with Crippen LogP contribution in [0.4, 0.5) is 11.4 Å². The molecule has 0 bridgehead atoms. The average Bonchev–Trinajstić information content (AvgIpc) is 3.96. The second-order valence-electron chi connectivity index (χ2n) is 19.3. The highest BCUT2D eigenvalue weighted by atomic mass is 32.2. The lowest BCUT2D eigenvalue weighted by Gasteiger charge is -2.30. The van der Waals surface area contributed by atoms with E-state index < -0.39 is 10.0 Å². The average molecular weight is 1000 g/mol. The van der Waals surface area contributed by atoms with Crippen molar-refractivity contribution in [1.29, 1.82) is 0 Å². The van der Waals surface area contributed by atoms with Crippen LogP contribution in [-0.2, 0) is 14.8 Å². The lowest BCUT2D eigenvalue weighted by atomic mass is 9.99. The van der Waals surface area contributed by atoms with Crippen molar-refractivity contribution in [3.05, 3.63) is 163 Å². The number of nitrogens with zero attached hydrogens (tertiary/aromatic N) is 10. The van der Waals surface area contributed by atoms with E-state index in [1.165, 1.54) is 22.9 Å². The van der Waals surface area contributed by atoms with Crippen LogP contribution in [0.1, 0.15) is 75.0 Å². The number of carbonyl (C=O) groups is 1. The number of sulfonamides is 1. The zero-order valence-corrected chi connectivity index (χ0v) is 43.4. The van der Waals surface area contributed by atoms with E-state index in [9.17, 15) is 13.2 Å². The number of benzene rings is 4. The third-order valence-electron chi connectivity index (χ3n) is 13.9. The monoisotopic (exact) mass is 1000 g/mol. The van der Waals surface area contributed by atoms with Crippen LogP contribution < -0.4 is 19.3 Å². The summed E-state index contributed by atoms with van der Waals surface area (Å²) in [4.78, 5) is 31.3. The second-order valence-corrected chi connectivity index (χ2v) is 21.1. The maximum absolute atomic E-state index is 12.3. The van der Waals surface area contributed by atoms with Crippen LogP contribution in [0.5, 0.6) is 5.75 Å². The van der Waals surface area contributed by atoms with Crippen LogP contribution in [0.2, 0.25) is 0 Å². The smallest absolute Gasteiger partial charge is 0.208 e. The van der Waals surface area contributed by atoms with Gasteiger partial charge in [0.1, 0.15) is 17.2 Å². The maximum atomic E-state index is 12.3. The normalized spacial score (nSPS) is 15.9. The quantitative estimate of drug-likeness (QED) is 0.105. The number of carbonyl (C=O) groups excluding carboxylic acids is 1. The van der Waals surface area contributed by atoms with Gasteiger partial charge in [0, 0.05) is 101 Å². The van der Waals surface area contributed by atoms with Crippen molar-refractivity contribution in [3.63, 3.8) is 0 Å². The zero-order valence-electron chi connectivity index (χ0n) is 42.6. The Hall–Kier alpha value is -6.98. The topological polar surface area (TPSA) is 147 Å². The molecule has 1 N–H and O–H groups in total. The summed E-state index contributed by atoms with van der Waals surface area (Å²) in [5.74, 6) is 1.45. The Morgan fingerprint density at radius 1 is 0.644 bits per heavy atom. The van der Waals surface area contributed by atoms with E-state index in [1.807, 2.05) is 125 Å². The molecule has 2 saturated heterocycles. The summed E-state index contributed by atoms with van der Waals surface area (Å²) in [7, 11) is -1.67. The first-order chi connectivity index (χ1) is 35.4. The summed E-state index contributed by atoms with van der Waals surface area (Å²) in [6.07, 6.45) is 11.2. The maximum Gasteiger partial charge on any atom is 0.208 e. The van der Waals surface area contributed by atoms with Crippen LogP contribution in [-0.4, -0.2) is 126 Å². The number of pyridine rings is 2. The number of rotatable bonds is 15. The Morgan fingerprint density at radius 2 is 1.22 bits per heavy atom. The van der Waals surface area contributed by atoms with Gasteiger partial charge in [-0.3, -0.25) is 24.6 Å².